The Balaban J connectivity index is 2.20. The Morgan fingerprint density at radius 1 is 0.929 bits per heavy atom. The number of hydrogen-bond acceptors (Lipinski definition) is 2. The monoisotopic (exact) mass is 381 g/mol. The van der Waals surface area contributed by atoms with Crippen LogP contribution < -0.4 is 0 Å². The number of nitrogens with zero attached hydrogens (tertiary/aromatic N) is 1. The van der Waals surface area contributed by atoms with Gasteiger partial charge in [-0.2, -0.15) is 0 Å². The van der Waals surface area contributed by atoms with Crippen molar-refractivity contribution in [3.8, 4) is 0 Å². The van der Waals surface area contributed by atoms with Crippen LogP contribution in [0, 0.1) is 23.2 Å². The van der Waals surface area contributed by atoms with Gasteiger partial charge in [0.2, 0.25) is 0 Å². The number of hydrogen-bond donors (Lipinski definition) is 0. The van der Waals surface area contributed by atoms with Gasteiger partial charge in [-0.25, -0.2) is 0 Å². The van der Waals surface area contributed by atoms with Crippen LogP contribution in [0.5, 0.6) is 0 Å². The summed E-state index contributed by atoms with van der Waals surface area (Å²) in [7, 11) is 0. The van der Waals surface area contributed by atoms with Gasteiger partial charge in [0.1, 0.15) is 0 Å². The van der Waals surface area contributed by atoms with Crippen LogP contribution in [-0.4, -0.2) is 16.7 Å². The minimum Gasteiger partial charge on any atom is -0.269 e. The average Bonchev–Trinajstić information content (AvgIpc) is 3.02. The molecule has 0 bridgehead atoms. The van der Waals surface area contributed by atoms with Crippen LogP contribution >= 0.6 is 0 Å². The first kappa shape index (κ1) is 20.8. The summed E-state index contributed by atoms with van der Waals surface area (Å²) in [5.41, 5.74) is 3.80. The standard InChI is InChI=1S/C25H35NO2/c1-16(2)12-19-8-7-9-20-15-25(13-17(3)4,14-18(5)6)24(23(19)20)26-21(27)10-11-22(26)28/h7-11,16-18,24H,12-15H2,1-6H3/t24-/m1/s1. The molecule has 1 aromatic rings. The van der Waals surface area contributed by atoms with Gasteiger partial charge in [0.25, 0.3) is 11.8 Å². The maximum absolute atomic E-state index is 12.8. The van der Waals surface area contributed by atoms with Gasteiger partial charge in [-0.3, -0.25) is 14.5 Å². The third-order valence-corrected chi connectivity index (χ3v) is 6.04. The van der Waals surface area contributed by atoms with E-state index in [9.17, 15) is 9.59 Å². The molecular weight excluding hydrogens is 346 g/mol. The smallest absolute Gasteiger partial charge is 0.254 e. The van der Waals surface area contributed by atoms with Crippen LogP contribution in [0.1, 0.15) is 77.1 Å². The van der Waals surface area contributed by atoms with Gasteiger partial charge in [0.05, 0.1) is 6.04 Å². The van der Waals surface area contributed by atoms with E-state index >= 15 is 0 Å². The second kappa shape index (κ2) is 7.85. The largest absolute Gasteiger partial charge is 0.269 e. The maximum Gasteiger partial charge on any atom is 0.254 e. The van der Waals surface area contributed by atoms with Crippen LogP contribution in [0.2, 0.25) is 0 Å². The summed E-state index contributed by atoms with van der Waals surface area (Å²) in [5.74, 6) is 1.23. The number of rotatable bonds is 7. The summed E-state index contributed by atoms with van der Waals surface area (Å²) in [6.07, 6.45) is 6.85. The Morgan fingerprint density at radius 2 is 1.50 bits per heavy atom. The highest BCUT2D eigenvalue weighted by atomic mass is 16.2. The van der Waals surface area contributed by atoms with Gasteiger partial charge in [-0.15, -0.1) is 0 Å². The van der Waals surface area contributed by atoms with E-state index in [0.717, 1.165) is 25.7 Å². The van der Waals surface area contributed by atoms with E-state index in [4.69, 9.17) is 0 Å². The predicted octanol–water partition coefficient (Wildman–Crippen LogP) is 5.49. The number of amides is 2. The molecule has 0 radical (unpaired) electrons. The van der Waals surface area contributed by atoms with E-state index in [-0.39, 0.29) is 23.3 Å². The van der Waals surface area contributed by atoms with Gasteiger partial charge in [-0.1, -0.05) is 59.7 Å². The molecule has 1 aliphatic carbocycles. The van der Waals surface area contributed by atoms with Gasteiger partial charge < -0.3 is 0 Å². The van der Waals surface area contributed by atoms with Crippen LogP contribution in [0.15, 0.2) is 30.4 Å². The lowest BCUT2D eigenvalue weighted by atomic mass is 9.68. The van der Waals surface area contributed by atoms with Crippen LogP contribution in [0.3, 0.4) is 0 Å². The number of benzene rings is 1. The quantitative estimate of drug-likeness (QED) is 0.586. The molecule has 3 rings (SSSR count). The molecule has 0 unspecified atom stereocenters. The number of carbonyl (C=O) groups excluding carboxylic acids is 2. The molecular formula is C25H35NO2. The molecule has 2 amide bonds. The number of fused-ring (bicyclic) bond motifs is 1. The van der Waals surface area contributed by atoms with Gasteiger partial charge in [0, 0.05) is 17.6 Å². The molecule has 152 valence electrons. The summed E-state index contributed by atoms with van der Waals surface area (Å²) in [5, 5.41) is 0. The third kappa shape index (κ3) is 3.81. The predicted molar refractivity (Wildman–Crippen MR) is 114 cm³/mol. The highest BCUT2D eigenvalue weighted by Gasteiger charge is 2.52. The molecule has 1 aliphatic heterocycles. The lowest BCUT2D eigenvalue weighted by Gasteiger charge is -2.43. The molecule has 0 spiro atoms. The van der Waals surface area contributed by atoms with Crippen molar-refractivity contribution in [2.75, 3.05) is 0 Å². The lowest BCUT2D eigenvalue weighted by Crippen LogP contribution is -2.44. The van der Waals surface area contributed by atoms with Crippen LogP contribution in [-0.2, 0) is 22.4 Å². The fraction of sp³-hybridized carbons (Fsp3) is 0.600. The highest BCUT2D eigenvalue weighted by Crippen LogP contribution is 2.57. The lowest BCUT2D eigenvalue weighted by molar-refractivity contribution is -0.143. The maximum atomic E-state index is 12.8. The van der Waals surface area contributed by atoms with Crippen molar-refractivity contribution in [2.45, 2.75) is 73.3 Å². The zero-order chi connectivity index (χ0) is 20.6. The first-order valence-corrected chi connectivity index (χ1v) is 10.8. The normalized spacial score (nSPS) is 20.9. The van der Waals surface area contributed by atoms with Crippen LogP contribution in [0.4, 0.5) is 0 Å². The van der Waals surface area contributed by atoms with Crippen molar-refractivity contribution >= 4 is 11.8 Å². The SMILES string of the molecule is CC(C)Cc1cccc2c1[C@@H](N1C(=O)C=CC1=O)C(CC(C)C)(CC(C)C)C2. The molecule has 3 nitrogen and oxygen atoms in total. The molecule has 0 saturated carbocycles. The summed E-state index contributed by atoms with van der Waals surface area (Å²) < 4.78 is 0. The molecule has 1 aromatic carbocycles. The Bertz CT molecular complexity index is 760. The Morgan fingerprint density at radius 3 is 2.00 bits per heavy atom. The van der Waals surface area contributed by atoms with Crippen molar-refractivity contribution in [1.82, 2.24) is 4.90 Å². The molecule has 0 saturated heterocycles. The summed E-state index contributed by atoms with van der Waals surface area (Å²) in [4.78, 5) is 27.2. The van der Waals surface area contributed by atoms with E-state index in [2.05, 4.69) is 59.7 Å². The Labute approximate surface area is 170 Å². The molecule has 1 heterocycles. The van der Waals surface area contributed by atoms with Crippen molar-refractivity contribution in [3.63, 3.8) is 0 Å². The van der Waals surface area contributed by atoms with E-state index in [1.54, 1.807) is 4.90 Å². The minimum absolute atomic E-state index is 0.0882. The molecule has 0 fully saturated rings. The van der Waals surface area contributed by atoms with Crippen molar-refractivity contribution in [1.29, 1.82) is 0 Å². The van der Waals surface area contributed by atoms with Crippen molar-refractivity contribution in [3.05, 3.63) is 47.0 Å². The zero-order valence-corrected chi connectivity index (χ0v) is 18.3. The van der Waals surface area contributed by atoms with Crippen molar-refractivity contribution in [2.24, 2.45) is 23.2 Å². The fourth-order valence-corrected chi connectivity index (χ4v) is 5.72. The average molecular weight is 382 g/mol. The van der Waals surface area contributed by atoms with Gasteiger partial charge >= 0.3 is 0 Å². The molecule has 2 aliphatic rings. The summed E-state index contributed by atoms with van der Waals surface area (Å²) in [6.45, 7) is 13.5. The molecule has 0 aromatic heterocycles. The second-order valence-electron chi connectivity index (χ2n) is 10.1. The van der Waals surface area contributed by atoms with Gasteiger partial charge in [-0.05, 0) is 60.1 Å². The third-order valence-electron chi connectivity index (χ3n) is 6.04. The Kier molecular flexibility index (Phi) is 5.84. The molecule has 0 N–H and O–H groups in total. The van der Waals surface area contributed by atoms with E-state index < -0.39 is 0 Å². The first-order chi connectivity index (χ1) is 13.1. The Hall–Kier alpha value is -1.90. The summed E-state index contributed by atoms with van der Waals surface area (Å²) >= 11 is 0. The topological polar surface area (TPSA) is 37.4 Å². The van der Waals surface area contributed by atoms with Crippen molar-refractivity contribution < 1.29 is 9.59 Å². The van der Waals surface area contributed by atoms with Crippen LogP contribution in [0.25, 0.3) is 0 Å². The molecule has 28 heavy (non-hydrogen) atoms. The number of carbonyl (C=O) groups is 2. The number of imide groups is 1. The fourth-order valence-electron chi connectivity index (χ4n) is 5.72. The van der Waals surface area contributed by atoms with Gasteiger partial charge in [0.15, 0.2) is 0 Å². The molecule has 3 heteroatoms. The summed E-state index contributed by atoms with van der Waals surface area (Å²) in [6, 6.07) is 6.41. The highest BCUT2D eigenvalue weighted by molar-refractivity contribution is 6.13. The van der Waals surface area contributed by atoms with E-state index in [1.807, 2.05) is 0 Å². The zero-order valence-electron chi connectivity index (χ0n) is 18.3. The second-order valence-corrected chi connectivity index (χ2v) is 10.1. The van der Waals surface area contributed by atoms with E-state index in [1.165, 1.54) is 28.8 Å². The van der Waals surface area contributed by atoms with E-state index in [0.29, 0.717) is 17.8 Å². The minimum atomic E-state index is -0.155. The first-order valence-electron chi connectivity index (χ1n) is 10.8. The molecule has 1 atom stereocenters.